The number of piperazine rings is 1. The molecule has 1 aliphatic carbocycles. The molecule has 0 aromatic heterocycles. The highest BCUT2D eigenvalue weighted by Crippen LogP contribution is 2.45. The van der Waals surface area contributed by atoms with Gasteiger partial charge in [-0.1, -0.05) is 26.7 Å². The van der Waals surface area contributed by atoms with Gasteiger partial charge >= 0.3 is 0 Å². The summed E-state index contributed by atoms with van der Waals surface area (Å²) >= 11 is 0. The molecule has 2 heterocycles. The maximum atomic E-state index is 9.99. The Morgan fingerprint density at radius 3 is 2.36 bits per heavy atom. The third-order valence-electron chi connectivity index (χ3n) is 5.86. The second kappa shape index (κ2) is 6.47. The first-order valence-electron chi connectivity index (χ1n) is 9.10. The Labute approximate surface area is 135 Å². The van der Waals surface area contributed by atoms with Gasteiger partial charge in [0.2, 0.25) is 0 Å². The van der Waals surface area contributed by atoms with E-state index in [0.29, 0.717) is 0 Å². The zero-order valence-corrected chi connectivity index (χ0v) is 14.3. The molecule has 124 valence electrons. The van der Waals surface area contributed by atoms with Crippen molar-refractivity contribution in [2.75, 3.05) is 39.3 Å². The van der Waals surface area contributed by atoms with E-state index < -0.39 is 0 Å². The number of hydrogen-bond acceptors (Lipinski definition) is 4. The third-order valence-corrected chi connectivity index (χ3v) is 5.86. The Morgan fingerprint density at radius 2 is 1.77 bits per heavy atom. The molecule has 1 saturated carbocycles. The average Bonchev–Trinajstić information content (AvgIpc) is 2.95. The molecule has 4 nitrogen and oxygen atoms in total. The number of hydrogen-bond donors (Lipinski definition) is 0. The molecule has 4 heteroatoms. The molecule has 2 aliphatic heterocycles. The smallest absolute Gasteiger partial charge is 0.114 e. The zero-order chi connectivity index (χ0) is 15.6. The molecule has 0 radical (unpaired) electrons. The first kappa shape index (κ1) is 16.2. The van der Waals surface area contributed by atoms with Crippen molar-refractivity contribution in [1.82, 2.24) is 9.80 Å². The van der Waals surface area contributed by atoms with Crippen LogP contribution in [0.4, 0.5) is 0 Å². The van der Waals surface area contributed by atoms with Crippen LogP contribution in [0, 0.1) is 17.2 Å². The fraction of sp³-hybridized carbons (Fsp3) is 0.944. The van der Waals surface area contributed by atoms with E-state index in [1.807, 2.05) is 0 Å². The summed E-state index contributed by atoms with van der Waals surface area (Å²) in [5.74, 6) is 0.723. The second-order valence-corrected chi connectivity index (χ2v) is 7.99. The molecular formula is C18H31N3O. The third kappa shape index (κ3) is 3.18. The molecule has 3 fully saturated rings. The molecule has 0 amide bonds. The predicted molar refractivity (Wildman–Crippen MR) is 87.6 cm³/mol. The molecule has 3 aliphatic rings. The van der Waals surface area contributed by atoms with E-state index in [1.54, 1.807) is 0 Å². The van der Waals surface area contributed by atoms with E-state index in [0.717, 1.165) is 64.4 Å². The van der Waals surface area contributed by atoms with Gasteiger partial charge in [0.15, 0.2) is 0 Å². The zero-order valence-electron chi connectivity index (χ0n) is 14.3. The Kier molecular flexibility index (Phi) is 4.77. The van der Waals surface area contributed by atoms with Gasteiger partial charge in [-0.05, 0) is 18.8 Å². The lowest BCUT2D eigenvalue weighted by atomic mass is 9.78. The van der Waals surface area contributed by atoms with E-state index in [2.05, 4.69) is 29.7 Å². The van der Waals surface area contributed by atoms with Crippen molar-refractivity contribution in [3.8, 4) is 6.07 Å². The predicted octanol–water partition coefficient (Wildman–Crippen LogP) is 2.65. The Hall–Kier alpha value is -0.630. The molecule has 0 bridgehead atoms. The SMILES string of the molecule is CC(C)CN1CCN(C2(C#N)CCOC3(CCCC3)C2)CC1. The maximum absolute atomic E-state index is 9.99. The van der Waals surface area contributed by atoms with Crippen LogP contribution in [0.15, 0.2) is 0 Å². The highest BCUT2D eigenvalue weighted by molar-refractivity contribution is 5.15. The molecule has 2 saturated heterocycles. The summed E-state index contributed by atoms with van der Waals surface area (Å²) in [7, 11) is 0. The Balaban J connectivity index is 1.65. The van der Waals surface area contributed by atoms with Gasteiger partial charge in [0.25, 0.3) is 0 Å². The van der Waals surface area contributed by atoms with Gasteiger partial charge in [0.1, 0.15) is 5.54 Å². The molecule has 0 N–H and O–H groups in total. The van der Waals surface area contributed by atoms with Crippen molar-refractivity contribution in [2.45, 2.75) is 63.5 Å². The van der Waals surface area contributed by atoms with Gasteiger partial charge in [0, 0.05) is 45.6 Å². The van der Waals surface area contributed by atoms with E-state index in [9.17, 15) is 5.26 Å². The maximum Gasteiger partial charge on any atom is 0.114 e. The number of nitriles is 1. The van der Waals surface area contributed by atoms with Crippen LogP contribution >= 0.6 is 0 Å². The Bertz CT molecular complexity index is 417. The molecule has 0 aromatic carbocycles. The van der Waals surface area contributed by atoms with Crippen LogP contribution in [0.1, 0.15) is 52.4 Å². The highest BCUT2D eigenvalue weighted by Gasteiger charge is 2.50. The minimum absolute atomic E-state index is 0.0169. The summed E-state index contributed by atoms with van der Waals surface area (Å²) in [4.78, 5) is 5.03. The van der Waals surface area contributed by atoms with Crippen molar-refractivity contribution in [3.05, 3.63) is 0 Å². The van der Waals surface area contributed by atoms with Gasteiger partial charge in [-0.15, -0.1) is 0 Å². The summed E-state index contributed by atoms with van der Waals surface area (Å²) in [5, 5.41) is 9.99. The van der Waals surface area contributed by atoms with Crippen LogP contribution in [0.5, 0.6) is 0 Å². The molecule has 1 unspecified atom stereocenters. The van der Waals surface area contributed by atoms with Crippen molar-refractivity contribution in [2.24, 2.45) is 5.92 Å². The molecule has 3 rings (SSSR count). The van der Waals surface area contributed by atoms with Gasteiger partial charge in [0.05, 0.1) is 18.3 Å². The number of nitrogens with zero attached hydrogens (tertiary/aromatic N) is 3. The van der Waals surface area contributed by atoms with Crippen LogP contribution in [0.25, 0.3) is 0 Å². The van der Waals surface area contributed by atoms with Crippen LogP contribution in [-0.4, -0.2) is 60.3 Å². The lowest BCUT2D eigenvalue weighted by molar-refractivity contribution is -0.125. The summed E-state index contributed by atoms with van der Waals surface area (Å²) in [6, 6.07) is 2.72. The fourth-order valence-corrected chi connectivity index (χ4v) is 4.76. The summed E-state index contributed by atoms with van der Waals surface area (Å²) in [5.41, 5.74) is -0.254. The van der Waals surface area contributed by atoms with E-state index in [1.165, 1.54) is 19.4 Å². The Morgan fingerprint density at radius 1 is 1.09 bits per heavy atom. The van der Waals surface area contributed by atoms with Crippen molar-refractivity contribution in [1.29, 1.82) is 5.26 Å². The average molecular weight is 305 g/mol. The first-order chi connectivity index (χ1) is 10.6. The number of rotatable bonds is 3. The minimum Gasteiger partial charge on any atom is -0.375 e. The lowest BCUT2D eigenvalue weighted by Crippen LogP contribution is -2.61. The highest BCUT2D eigenvalue weighted by atomic mass is 16.5. The van der Waals surface area contributed by atoms with Crippen LogP contribution in [0.3, 0.4) is 0 Å². The topological polar surface area (TPSA) is 39.5 Å². The van der Waals surface area contributed by atoms with Gasteiger partial charge in [-0.25, -0.2) is 0 Å². The summed E-state index contributed by atoms with van der Waals surface area (Å²) in [6.07, 6.45) is 6.66. The van der Waals surface area contributed by atoms with Crippen molar-refractivity contribution in [3.63, 3.8) is 0 Å². The van der Waals surface area contributed by atoms with Crippen molar-refractivity contribution >= 4 is 0 Å². The van der Waals surface area contributed by atoms with Crippen LogP contribution in [-0.2, 0) is 4.74 Å². The van der Waals surface area contributed by atoms with Gasteiger partial charge < -0.3 is 9.64 Å². The summed E-state index contributed by atoms with van der Waals surface area (Å²) in [6.45, 7) is 10.8. The van der Waals surface area contributed by atoms with Crippen LogP contribution < -0.4 is 0 Å². The monoisotopic (exact) mass is 305 g/mol. The van der Waals surface area contributed by atoms with Gasteiger partial charge in [-0.3, -0.25) is 4.90 Å². The molecule has 1 atom stereocenters. The molecular weight excluding hydrogens is 274 g/mol. The minimum atomic E-state index is -0.271. The van der Waals surface area contributed by atoms with E-state index in [4.69, 9.17) is 4.74 Å². The lowest BCUT2D eigenvalue weighted by Gasteiger charge is -2.50. The van der Waals surface area contributed by atoms with E-state index >= 15 is 0 Å². The van der Waals surface area contributed by atoms with Crippen molar-refractivity contribution < 1.29 is 4.74 Å². The molecule has 0 aromatic rings. The largest absolute Gasteiger partial charge is 0.375 e. The second-order valence-electron chi connectivity index (χ2n) is 7.99. The first-order valence-corrected chi connectivity index (χ1v) is 9.10. The standard InChI is InChI=1S/C18H31N3O/c1-16(2)13-20-8-10-21(11-9-20)17(15-19)7-12-22-18(14-17)5-3-4-6-18/h16H,3-14H2,1-2H3. The molecule has 1 spiro atoms. The number of ether oxygens (including phenoxy) is 1. The fourth-order valence-electron chi connectivity index (χ4n) is 4.76. The quantitative estimate of drug-likeness (QED) is 0.803. The summed E-state index contributed by atoms with van der Waals surface area (Å²) < 4.78 is 6.16. The normalized spacial score (nSPS) is 33.4. The van der Waals surface area contributed by atoms with E-state index in [-0.39, 0.29) is 11.1 Å². The van der Waals surface area contributed by atoms with Crippen LogP contribution in [0.2, 0.25) is 0 Å². The van der Waals surface area contributed by atoms with Gasteiger partial charge in [-0.2, -0.15) is 5.26 Å². The molecule has 22 heavy (non-hydrogen) atoms.